The van der Waals surface area contributed by atoms with E-state index in [0.29, 0.717) is 19.4 Å². The summed E-state index contributed by atoms with van der Waals surface area (Å²) >= 11 is 0. The van der Waals surface area contributed by atoms with Gasteiger partial charge in [-0.05, 0) is 24.8 Å². The minimum atomic E-state index is -2.85. The first-order valence-electron chi connectivity index (χ1n) is 6.27. The maximum Gasteiger partial charge on any atom is 0.150 e. The Morgan fingerprint density at radius 1 is 1.29 bits per heavy atom. The quantitative estimate of drug-likeness (QED) is 0.647. The van der Waals surface area contributed by atoms with Gasteiger partial charge < -0.3 is 10.4 Å². The number of hydrogen-bond donors (Lipinski definition) is 2. The summed E-state index contributed by atoms with van der Waals surface area (Å²) < 4.78 is 22.6. The third-order valence-electron chi connectivity index (χ3n) is 2.93. The van der Waals surface area contributed by atoms with Crippen LogP contribution in [0.1, 0.15) is 40.5 Å². The summed E-state index contributed by atoms with van der Waals surface area (Å²) in [6, 6.07) is 0.219. The third kappa shape index (κ3) is 7.73. The number of hydrogen-bond acceptors (Lipinski definition) is 4. The largest absolute Gasteiger partial charge is 0.396 e. The molecule has 5 heteroatoms. The Labute approximate surface area is 106 Å². The summed E-state index contributed by atoms with van der Waals surface area (Å²) in [6.07, 6.45) is 1.33. The monoisotopic (exact) mass is 265 g/mol. The average Bonchev–Trinajstić information content (AvgIpc) is 2.21. The SMILES string of the molecule is CCS(=O)(=O)CCCNC(CCO)C(C)(C)C. The maximum absolute atomic E-state index is 11.3. The van der Waals surface area contributed by atoms with Crippen LogP contribution in [0.25, 0.3) is 0 Å². The Morgan fingerprint density at radius 3 is 2.29 bits per heavy atom. The van der Waals surface area contributed by atoms with E-state index in [4.69, 9.17) is 5.11 Å². The number of sulfone groups is 1. The molecule has 0 aliphatic heterocycles. The Hall–Kier alpha value is -0.130. The van der Waals surface area contributed by atoms with Gasteiger partial charge in [0, 0.05) is 18.4 Å². The number of rotatable bonds is 8. The van der Waals surface area contributed by atoms with E-state index in [-0.39, 0.29) is 29.6 Å². The number of nitrogens with one attached hydrogen (secondary N) is 1. The van der Waals surface area contributed by atoms with E-state index in [9.17, 15) is 8.42 Å². The van der Waals surface area contributed by atoms with Crippen molar-refractivity contribution in [1.29, 1.82) is 0 Å². The molecule has 104 valence electrons. The van der Waals surface area contributed by atoms with E-state index in [1.54, 1.807) is 6.92 Å². The van der Waals surface area contributed by atoms with Crippen molar-refractivity contribution in [1.82, 2.24) is 5.32 Å². The zero-order valence-electron chi connectivity index (χ0n) is 11.5. The zero-order chi connectivity index (χ0) is 13.5. The third-order valence-corrected chi connectivity index (χ3v) is 4.72. The average molecular weight is 265 g/mol. The van der Waals surface area contributed by atoms with Crippen molar-refractivity contribution in [2.45, 2.75) is 46.6 Å². The summed E-state index contributed by atoms with van der Waals surface area (Å²) in [4.78, 5) is 0. The predicted molar refractivity (Wildman–Crippen MR) is 71.9 cm³/mol. The van der Waals surface area contributed by atoms with Gasteiger partial charge in [-0.1, -0.05) is 27.7 Å². The second-order valence-corrected chi connectivity index (χ2v) is 7.95. The van der Waals surface area contributed by atoms with Crippen LogP contribution in [0.15, 0.2) is 0 Å². The second-order valence-electron chi connectivity index (χ2n) is 5.47. The van der Waals surface area contributed by atoms with Crippen LogP contribution in [-0.2, 0) is 9.84 Å². The molecule has 0 radical (unpaired) electrons. The van der Waals surface area contributed by atoms with Gasteiger partial charge in [-0.25, -0.2) is 8.42 Å². The number of aliphatic hydroxyl groups is 1. The first-order chi connectivity index (χ1) is 7.73. The topological polar surface area (TPSA) is 66.4 Å². The normalized spacial score (nSPS) is 14.9. The Balaban J connectivity index is 4.00. The lowest BCUT2D eigenvalue weighted by Crippen LogP contribution is -2.41. The van der Waals surface area contributed by atoms with Gasteiger partial charge in [-0.2, -0.15) is 0 Å². The van der Waals surface area contributed by atoms with Crippen molar-refractivity contribution >= 4 is 9.84 Å². The van der Waals surface area contributed by atoms with Crippen molar-refractivity contribution in [3.63, 3.8) is 0 Å². The van der Waals surface area contributed by atoms with Gasteiger partial charge in [0.15, 0.2) is 0 Å². The van der Waals surface area contributed by atoms with Crippen LogP contribution < -0.4 is 5.32 Å². The lowest BCUT2D eigenvalue weighted by Gasteiger charge is -2.31. The van der Waals surface area contributed by atoms with Crippen molar-refractivity contribution in [2.75, 3.05) is 24.7 Å². The molecule has 0 saturated heterocycles. The summed E-state index contributed by atoms with van der Waals surface area (Å²) in [5.74, 6) is 0.457. The Bertz CT molecular complexity index is 293. The van der Waals surface area contributed by atoms with Crippen LogP contribution >= 0.6 is 0 Å². The van der Waals surface area contributed by atoms with Crippen LogP contribution in [-0.4, -0.2) is 44.2 Å². The first kappa shape index (κ1) is 16.9. The highest BCUT2D eigenvalue weighted by Crippen LogP contribution is 2.21. The summed E-state index contributed by atoms with van der Waals surface area (Å²) in [5, 5.41) is 12.3. The van der Waals surface area contributed by atoms with Gasteiger partial charge in [0.25, 0.3) is 0 Å². The lowest BCUT2D eigenvalue weighted by atomic mass is 9.85. The zero-order valence-corrected chi connectivity index (χ0v) is 12.3. The van der Waals surface area contributed by atoms with E-state index < -0.39 is 9.84 Å². The highest BCUT2D eigenvalue weighted by Gasteiger charge is 2.23. The van der Waals surface area contributed by atoms with Gasteiger partial charge in [0.1, 0.15) is 9.84 Å². The molecule has 17 heavy (non-hydrogen) atoms. The molecule has 0 aromatic rings. The summed E-state index contributed by atoms with van der Waals surface area (Å²) in [7, 11) is -2.85. The molecule has 0 bridgehead atoms. The Kier molecular flexibility index (Phi) is 7.28. The molecule has 1 atom stereocenters. The molecule has 0 heterocycles. The molecule has 0 aliphatic carbocycles. The van der Waals surface area contributed by atoms with Gasteiger partial charge in [0.2, 0.25) is 0 Å². The van der Waals surface area contributed by atoms with Gasteiger partial charge in [-0.3, -0.25) is 0 Å². The molecule has 0 aromatic carbocycles. The maximum atomic E-state index is 11.3. The van der Waals surface area contributed by atoms with E-state index in [1.165, 1.54) is 0 Å². The fourth-order valence-electron chi connectivity index (χ4n) is 1.68. The summed E-state index contributed by atoms with van der Waals surface area (Å²) in [6.45, 7) is 8.85. The van der Waals surface area contributed by atoms with Crippen molar-refractivity contribution in [3.8, 4) is 0 Å². The minimum absolute atomic E-state index is 0.0758. The molecule has 0 saturated carbocycles. The van der Waals surface area contributed by atoms with Crippen LogP contribution in [0.2, 0.25) is 0 Å². The molecular weight excluding hydrogens is 238 g/mol. The van der Waals surface area contributed by atoms with E-state index in [2.05, 4.69) is 26.1 Å². The Morgan fingerprint density at radius 2 is 1.88 bits per heavy atom. The van der Waals surface area contributed by atoms with E-state index in [1.807, 2.05) is 0 Å². The van der Waals surface area contributed by atoms with Crippen molar-refractivity contribution < 1.29 is 13.5 Å². The molecule has 0 aliphatic rings. The van der Waals surface area contributed by atoms with Crippen LogP contribution in [0.4, 0.5) is 0 Å². The van der Waals surface area contributed by atoms with Gasteiger partial charge >= 0.3 is 0 Å². The standard InChI is InChI=1S/C12H27NO3S/c1-5-17(15,16)10-6-8-13-11(7-9-14)12(2,3)4/h11,13-14H,5-10H2,1-4H3. The highest BCUT2D eigenvalue weighted by atomic mass is 32.2. The predicted octanol–water partition coefficient (Wildman–Crippen LogP) is 1.20. The van der Waals surface area contributed by atoms with Crippen LogP contribution in [0.3, 0.4) is 0 Å². The van der Waals surface area contributed by atoms with E-state index >= 15 is 0 Å². The molecular formula is C12H27NO3S. The summed E-state index contributed by atoms with van der Waals surface area (Å²) in [5.41, 5.74) is 0.0758. The molecule has 4 nitrogen and oxygen atoms in total. The lowest BCUT2D eigenvalue weighted by molar-refractivity contribution is 0.198. The molecule has 0 spiro atoms. The fraction of sp³-hybridized carbons (Fsp3) is 1.00. The molecule has 0 fully saturated rings. The number of aliphatic hydroxyl groups excluding tert-OH is 1. The van der Waals surface area contributed by atoms with E-state index in [0.717, 1.165) is 0 Å². The van der Waals surface area contributed by atoms with Gasteiger partial charge in [-0.15, -0.1) is 0 Å². The molecule has 0 rings (SSSR count). The first-order valence-corrected chi connectivity index (χ1v) is 8.09. The van der Waals surface area contributed by atoms with Crippen LogP contribution in [0.5, 0.6) is 0 Å². The molecule has 0 amide bonds. The smallest absolute Gasteiger partial charge is 0.150 e. The second kappa shape index (κ2) is 7.34. The van der Waals surface area contributed by atoms with Crippen LogP contribution in [0, 0.1) is 5.41 Å². The van der Waals surface area contributed by atoms with Gasteiger partial charge in [0.05, 0.1) is 5.75 Å². The minimum Gasteiger partial charge on any atom is -0.396 e. The fourth-order valence-corrected chi connectivity index (χ4v) is 2.56. The van der Waals surface area contributed by atoms with Crippen molar-refractivity contribution in [3.05, 3.63) is 0 Å². The molecule has 2 N–H and O–H groups in total. The van der Waals surface area contributed by atoms with Crippen molar-refractivity contribution in [2.24, 2.45) is 5.41 Å². The molecule has 0 aromatic heterocycles. The highest BCUT2D eigenvalue weighted by molar-refractivity contribution is 7.91. The molecule has 1 unspecified atom stereocenters.